The Balaban J connectivity index is 1.42. The van der Waals surface area contributed by atoms with Crippen LogP contribution in [0.3, 0.4) is 0 Å². The molecule has 146 valence electrons. The van der Waals surface area contributed by atoms with Gasteiger partial charge in [-0.05, 0) is 25.0 Å². The van der Waals surface area contributed by atoms with Crippen LogP contribution < -0.4 is 0 Å². The Morgan fingerprint density at radius 2 is 1.89 bits per heavy atom. The lowest BCUT2D eigenvalue weighted by Gasteiger charge is -2.42. The molecule has 0 aromatic heterocycles. The number of nitrogens with zero attached hydrogens (tertiary/aromatic N) is 2. The fourth-order valence-corrected chi connectivity index (χ4v) is 6.10. The highest BCUT2D eigenvalue weighted by Gasteiger charge is 2.45. The molecule has 7 nitrogen and oxygen atoms in total. The number of sulfone groups is 1. The topological polar surface area (TPSA) is 84.0 Å². The summed E-state index contributed by atoms with van der Waals surface area (Å²) < 4.78 is 28.9. The van der Waals surface area contributed by atoms with Crippen molar-refractivity contribution >= 4 is 21.7 Å². The number of piperazine rings is 1. The van der Waals surface area contributed by atoms with E-state index in [0.29, 0.717) is 44.6 Å². The molecule has 2 saturated heterocycles. The zero-order chi connectivity index (χ0) is 19.2. The number of benzene rings is 1. The molecule has 0 aliphatic carbocycles. The third kappa shape index (κ3) is 3.48. The van der Waals surface area contributed by atoms with Gasteiger partial charge >= 0.3 is 5.97 Å². The second kappa shape index (κ2) is 6.60. The van der Waals surface area contributed by atoms with E-state index in [4.69, 9.17) is 4.74 Å². The molecule has 8 heteroatoms. The molecule has 0 spiro atoms. The number of hydrogen-bond acceptors (Lipinski definition) is 6. The van der Waals surface area contributed by atoms with E-state index in [-0.39, 0.29) is 23.5 Å². The highest BCUT2D eigenvalue weighted by Crippen LogP contribution is 2.30. The van der Waals surface area contributed by atoms with Gasteiger partial charge in [0.15, 0.2) is 15.4 Å². The van der Waals surface area contributed by atoms with Gasteiger partial charge in [-0.15, -0.1) is 0 Å². The van der Waals surface area contributed by atoms with E-state index < -0.39 is 21.4 Å². The summed E-state index contributed by atoms with van der Waals surface area (Å²) in [5.41, 5.74) is 0.166. The monoisotopic (exact) mass is 392 g/mol. The third-order valence-corrected chi connectivity index (χ3v) is 7.61. The van der Waals surface area contributed by atoms with Gasteiger partial charge in [0.1, 0.15) is 0 Å². The summed E-state index contributed by atoms with van der Waals surface area (Å²) in [5, 5.41) is 0. The minimum absolute atomic E-state index is 0.0576. The van der Waals surface area contributed by atoms with Crippen LogP contribution in [0.5, 0.6) is 0 Å². The number of ether oxygens (including phenoxy) is 1. The van der Waals surface area contributed by atoms with Crippen LogP contribution in [0, 0.1) is 0 Å². The maximum Gasteiger partial charge on any atom is 0.339 e. The van der Waals surface area contributed by atoms with Crippen molar-refractivity contribution in [2.24, 2.45) is 0 Å². The van der Waals surface area contributed by atoms with Crippen molar-refractivity contribution in [1.82, 2.24) is 9.80 Å². The molecule has 2 atom stereocenters. The van der Waals surface area contributed by atoms with Crippen LogP contribution in [0.25, 0.3) is 0 Å². The Bertz CT molecular complexity index is 876. The predicted molar refractivity (Wildman–Crippen MR) is 99.2 cm³/mol. The summed E-state index contributed by atoms with van der Waals surface area (Å²) in [6.45, 7) is 4.01. The molecule has 4 rings (SSSR count). The molecule has 0 saturated carbocycles. The van der Waals surface area contributed by atoms with Crippen LogP contribution in [0.1, 0.15) is 29.3 Å². The van der Waals surface area contributed by atoms with Crippen molar-refractivity contribution < 1.29 is 22.7 Å². The summed E-state index contributed by atoms with van der Waals surface area (Å²) in [6, 6.07) is 7.28. The normalized spacial score (nSPS) is 30.6. The minimum atomic E-state index is -2.92. The maximum atomic E-state index is 13.1. The molecule has 3 heterocycles. The van der Waals surface area contributed by atoms with E-state index >= 15 is 0 Å². The van der Waals surface area contributed by atoms with Gasteiger partial charge in [-0.25, -0.2) is 13.2 Å². The predicted octanol–water partition coefficient (Wildman–Crippen LogP) is 0.490. The number of fused-ring (bicyclic) bond motifs is 1. The fraction of sp³-hybridized carbons (Fsp3) is 0.579. The number of amides is 1. The molecule has 1 aromatic carbocycles. The number of esters is 1. The van der Waals surface area contributed by atoms with Crippen LogP contribution in [-0.4, -0.2) is 79.4 Å². The SMILES string of the molecule is CC1(C(=O)N2CCN(C3CCS(=O)(=O)C3)CC2)Cc2ccccc2C(=O)O1. The fourth-order valence-electron chi connectivity index (χ4n) is 4.34. The third-order valence-electron chi connectivity index (χ3n) is 5.86. The molecule has 2 unspecified atom stereocenters. The zero-order valence-corrected chi connectivity index (χ0v) is 16.2. The zero-order valence-electron chi connectivity index (χ0n) is 15.4. The second-order valence-electron chi connectivity index (χ2n) is 7.84. The van der Waals surface area contributed by atoms with E-state index in [1.165, 1.54) is 0 Å². The second-order valence-corrected chi connectivity index (χ2v) is 10.1. The minimum Gasteiger partial charge on any atom is -0.445 e. The number of cyclic esters (lactones) is 1. The van der Waals surface area contributed by atoms with E-state index in [9.17, 15) is 18.0 Å². The first-order chi connectivity index (χ1) is 12.8. The molecule has 0 N–H and O–H groups in total. The van der Waals surface area contributed by atoms with Crippen LogP contribution >= 0.6 is 0 Å². The maximum absolute atomic E-state index is 13.1. The molecule has 3 aliphatic heterocycles. The van der Waals surface area contributed by atoms with Crippen LogP contribution in [-0.2, 0) is 25.8 Å². The number of hydrogen-bond donors (Lipinski definition) is 0. The van der Waals surface area contributed by atoms with E-state index in [0.717, 1.165) is 5.56 Å². The highest BCUT2D eigenvalue weighted by molar-refractivity contribution is 7.91. The van der Waals surface area contributed by atoms with E-state index in [1.54, 1.807) is 24.0 Å². The van der Waals surface area contributed by atoms with Crippen LogP contribution in [0.4, 0.5) is 0 Å². The lowest BCUT2D eigenvalue weighted by Crippen LogP contribution is -2.59. The molecule has 3 aliphatic rings. The van der Waals surface area contributed by atoms with Gasteiger partial charge in [-0.1, -0.05) is 18.2 Å². The molecule has 1 amide bonds. The standard InChI is InChI=1S/C19H24N2O5S/c1-19(12-14-4-2-3-5-16(14)17(22)26-19)18(23)21-9-7-20(8-10-21)15-6-11-27(24,25)13-15/h2-5,15H,6-13H2,1H3. The quantitative estimate of drug-likeness (QED) is 0.681. The smallest absolute Gasteiger partial charge is 0.339 e. The number of carbonyl (C=O) groups is 2. The molecule has 2 fully saturated rings. The van der Waals surface area contributed by atoms with Crippen molar-refractivity contribution in [3.05, 3.63) is 35.4 Å². The lowest BCUT2D eigenvalue weighted by molar-refractivity contribution is -0.153. The highest BCUT2D eigenvalue weighted by atomic mass is 32.2. The lowest BCUT2D eigenvalue weighted by atomic mass is 9.88. The van der Waals surface area contributed by atoms with Gasteiger partial charge < -0.3 is 9.64 Å². The Morgan fingerprint density at radius 3 is 2.56 bits per heavy atom. The molecular weight excluding hydrogens is 368 g/mol. The van der Waals surface area contributed by atoms with Crippen molar-refractivity contribution in [3.63, 3.8) is 0 Å². The van der Waals surface area contributed by atoms with Crippen molar-refractivity contribution in [2.75, 3.05) is 37.7 Å². The molecule has 1 aromatic rings. The van der Waals surface area contributed by atoms with Gasteiger partial charge in [-0.3, -0.25) is 9.69 Å². The van der Waals surface area contributed by atoms with Crippen molar-refractivity contribution in [3.8, 4) is 0 Å². The first-order valence-electron chi connectivity index (χ1n) is 9.32. The molecule has 27 heavy (non-hydrogen) atoms. The Morgan fingerprint density at radius 1 is 1.19 bits per heavy atom. The summed E-state index contributed by atoms with van der Waals surface area (Å²) in [7, 11) is -2.92. The Labute approximate surface area is 159 Å². The first-order valence-corrected chi connectivity index (χ1v) is 11.1. The van der Waals surface area contributed by atoms with Gasteiger partial charge in [0.05, 0.1) is 17.1 Å². The molecule has 0 radical (unpaired) electrons. The summed E-state index contributed by atoms with van der Waals surface area (Å²) in [4.78, 5) is 29.3. The van der Waals surface area contributed by atoms with Crippen LogP contribution in [0.15, 0.2) is 24.3 Å². The average Bonchev–Trinajstić information content (AvgIpc) is 3.01. The summed E-state index contributed by atoms with van der Waals surface area (Å²) in [6.07, 6.45) is 1.04. The molecule has 0 bridgehead atoms. The molecular formula is C19H24N2O5S. The van der Waals surface area contributed by atoms with Gasteiger partial charge in [0.2, 0.25) is 0 Å². The first kappa shape index (κ1) is 18.4. The number of carbonyl (C=O) groups excluding carboxylic acids is 2. The number of rotatable bonds is 2. The van der Waals surface area contributed by atoms with Gasteiger partial charge in [0, 0.05) is 38.6 Å². The van der Waals surface area contributed by atoms with E-state index in [2.05, 4.69) is 4.90 Å². The van der Waals surface area contributed by atoms with Crippen LogP contribution in [0.2, 0.25) is 0 Å². The van der Waals surface area contributed by atoms with Gasteiger partial charge in [0.25, 0.3) is 5.91 Å². The summed E-state index contributed by atoms with van der Waals surface area (Å²) >= 11 is 0. The van der Waals surface area contributed by atoms with Crippen molar-refractivity contribution in [2.45, 2.75) is 31.4 Å². The largest absolute Gasteiger partial charge is 0.445 e. The average molecular weight is 392 g/mol. The van der Waals surface area contributed by atoms with Crippen molar-refractivity contribution in [1.29, 1.82) is 0 Å². The van der Waals surface area contributed by atoms with E-state index in [1.807, 2.05) is 12.1 Å². The van der Waals surface area contributed by atoms with Gasteiger partial charge in [-0.2, -0.15) is 0 Å². The Hall–Kier alpha value is -1.93. The summed E-state index contributed by atoms with van der Waals surface area (Å²) in [5.74, 6) is -0.163. The Kier molecular flexibility index (Phi) is 4.50.